The van der Waals surface area contributed by atoms with E-state index in [9.17, 15) is 9.18 Å². The second-order valence-corrected chi connectivity index (χ2v) is 10.1. The van der Waals surface area contributed by atoms with Crippen molar-refractivity contribution in [2.75, 3.05) is 177 Å². The van der Waals surface area contributed by atoms with Crippen molar-refractivity contribution in [1.29, 1.82) is 0 Å². The van der Waals surface area contributed by atoms with E-state index in [0.717, 1.165) is 5.69 Å². The molecule has 0 fully saturated rings. The molecule has 50 heavy (non-hydrogen) atoms. The van der Waals surface area contributed by atoms with Crippen LogP contribution in [0.2, 0.25) is 0 Å². The highest BCUT2D eigenvalue weighted by molar-refractivity contribution is 5.88. The number of hydrogen-bond donors (Lipinski definition) is 1. The van der Waals surface area contributed by atoms with Gasteiger partial charge in [0.2, 0.25) is 5.91 Å². The Bertz CT molecular complexity index is 843. The van der Waals surface area contributed by atoms with Gasteiger partial charge in [-0.05, 0) is 24.3 Å². The summed E-state index contributed by atoms with van der Waals surface area (Å²) in [6.45, 7) is 12.5. The van der Waals surface area contributed by atoms with E-state index in [1.807, 2.05) is 0 Å². The van der Waals surface area contributed by atoms with Gasteiger partial charge in [-0.15, -0.1) is 0 Å². The zero-order valence-electron chi connectivity index (χ0n) is 29.8. The normalized spacial score (nSPS) is 11.3. The summed E-state index contributed by atoms with van der Waals surface area (Å²) in [6.07, 6.45) is 0. The summed E-state index contributed by atoms with van der Waals surface area (Å²) in [5.41, 5.74) is 0.728. The van der Waals surface area contributed by atoms with Gasteiger partial charge in [0.15, 0.2) is 0 Å². The maximum Gasteiger partial charge on any atom is 0.221 e. The second-order valence-electron chi connectivity index (χ2n) is 10.1. The first-order valence-corrected chi connectivity index (χ1v) is 17.2. The third kappa shape index (κ3) is 34.4. The number of amides is 1. The predicted molar refractivity (Wildman–Crippen MR) is 182 cm³/mol. The van der Waals surface area contributed by atoms with E-state index in [2.05, 4.69) is 5.32 Å². The van der Waals surface area contributed by atoms with Crippen molar-refractivity contribution < 1.29 is 70.8 Å². The van der Waals surface area contributed by atoms with Gasteiger partial charge in [0, 0.05) is 12.6 Å². The van der Waals surface area contributed by atoms with E-state index in [-0.39, 0.29) is 12.5 Å². The highest BCUT2D eigenvalue weighted by Gasteiger charge is 1.99. The van der Waals surface area contributed by atoms with Crippen molar-refractivity contribution in [1.82, 2.24) is 0 Å². The summed E-state index contributed by atoms with van der Waals surface area (Å²) in [4.78, 5) is 11.0. The van der Waals surface area contributed by atoms with Crippen molar-refractivity contribution >= 4 is 11.6 Å². The van der Waals surface area contributed by atoms with E-state index in [0.29, 0.717) is 164 Å². The number of ether oxygens (including phenoxy) is 13. The average molecular weight is 726 g/mol. The Balaban J connectivity index is 1.65. The minimum Gasteiger partial charge on any atom is -0.491 e. The predicted octanol–water partition coefficient (Wildman–Crippen LogP) is 2.19. The number of carbonyl (C=O) groups is 1. The first-order valence-electron chi connectivity index (χ1n) is 17.2. The largest absolute Gasteiger partial charge is 0.491 e. The molecule has 0 aliphatic heterocycles. The van der Waals surface area contributed by atoms with Crippen LogP contribution in [0.4, 0.5) is 10.1 Å². The molecule has 0 aliphatic carbocycles. The number of rotatable bonds is 40. The highest BCUT2D eigenvalue weighted by atomic mass is 19.1. The van der Waals surface area contributed by atoms with Gasteiger partial charge in [-0.25, -0.2) is 4.39 Å². The molecule has 0 atom stereocenters. The molecule has 292 valence electrons. The molecule has 1 amide bonds. The minimum absolute atomic E-state index is 0.109. The van der Waals surface area contributed by atoms with Crippen LogP contribution in [-0.2, 0) is 61.6 Å². The van der Waals surface area contributed by atoms with Gasteiger partial charge in [0.25, 0.3) is 0 Å². The van der Waals surface area contributed by atoms with Gasteiger partial charge < -0.3 is 66.9 Å². The fourth-order valence-corrected chi connectivity index (χ4v) is 3.63. The summed E-state index contributed by atoms with van der Waals surface area (Å²) in [5.74, 6) is 0.601. The van der Waals surface area contributed by atoms with Crippen LogP contribution in [0.15, 0.2) is 24.3 Å². The average Bonchev–Trinajstić information content (AvgIpc) is 3.11. The molecule has 16 heteroatoms. The van der Waals surface area contributed by atoms with E-state index >= 15 is 0 Å². The molecule has 0 radical (unpaired) electrons. The molecule has 0 unspecified atom stereocenters. The summed E-state index contributed by atoms with van der Waals surface area (Å²) < 4.78 is 82.3. The van der Waals surface area contributed by atoms with Crippen LogP contribution in [0.25, 0.3) is 0 Å². The maximum absolute atomic E-state index is 11.8. The Hall–Kier alpha value is -2.06. The quantitative estimate of drug-likeness (QED) is 0.0986. The zero-order valence-corrected chi connectivity index (χ0v) is 29.8. The Labute approximate surface area is 296 Å². The van der Waals surface area contributed by atoms with Gasteiger partial charge in [-0.1, -0.05) is 0 Å². The molecule has 15 nitrogen and oxygen atoms in total. The Kier molecular flexibility index (Phi) is 35.1. The number of hydrogen-bond acceptors (Lipinski definition) is 14. The first kappa shape index (κ1) is 46.0. The van der Waals surface area contributed by atoms with E-state index < -0.39 is 6.67 Å². The smallest absolute Gasteiger partial charge is 0.221 e. The molecule has 0 spiro atoms. The topological polar surface area (TPSA) is 149 Å². The molecule has 0 heterocycles. The van der Waals surface area contributed by atoms with Gasteiger partial charge >= 0.3 is 0 Å². The number of alkyl halides is 1. The Morgan fingerprint density at radius 2 is 0.660 bits per heavy atom. The lowest BCUT2D eigenvalue weighted by Crippen LogP contribution is -2.15. The van der Waals surface area contributed by atoms with Crippen LogP contribution < -0.4 is 10.1 Å². The monoisotopic (exact) mass is 725 g/mol. The molecule has 1 N–H and O–H groups in total. The van der Waals surface area contributed by atoms with Crippen LogP contribution in [0, 0.1) is 0 Å². The molecule has 0 saturated heterocycles. The lowest BCUT2D eigenvalue weighted by molar-refractivity contribution is -0.114. The first-order chi connectivity index (χ1) is 24.7. The van der Waals surface area contributed by atoms with Crippen LogP contribution in [0.3, 0.4) is 0 Å². The van der Waals surface area contributed by atoms with Crippen LogP contribution in [0.5, 0.6) is 5.75 Å². The van der Waals surface area contributed by atoms with E-state index in [4.69, 9.17) is 61.6 Å². The van der Waals surface area contributed by atoms with Gasteiger partial charge in [0.1, 0.15) is 19.0 Å². The van der Waals surface area contributed by atoms with Crippen LogP contribution >= 0.6 is 0 Å². The number of benzene rings is 1. The van der Waals surface area contributed by atoms with Gasteiger partial charge in [-0.3, -0.25) is 4.79 Å². The third-order valence-electron chi connectivity index (χ3n) is 5.98. The molecule has 1 aromatic carbocycles. The molecule has 1 rings (SSSR count). The Morgan fingerprint density at radius 1 is 0.420 bits per heavy atom. The second kappa shape index (κ2) is 38.2. The number of halogens is 1. The SMILES string of the molecule is CC(=O)Nc1ccc(OCCOCCOCCOCCOCCOCCOCCOCCOCCOCCOCCOCCOCCF)cc1. The molecule has 0 bridgehead atoms. The fourth-order valence-electron chi connectivity index (χ4n) is 3.63. The number of anilines is 1. The number of carbonyl (C=O) groups excluding carboxylic acids is 1. The van der Waals surface area contributed by atoms with Gasteiger partial charge in [0.05, 0.1) is 159 Å². The van der Waals surface area contributed by atoms with Crippen molar-refractivity contribution in [2.24, 2.45) is 0 Å². The molecular weight excluding hydrogens is 665 g/mol. The standard InChI is InChI=1S/C34H60FNO14/c1-32(37)36-33-2-4-34(5-3-33)50-31-30-49-29-28-48-27-26-47-25-24-46-23-22-45-21-20-44-19-18-43-17-16-42-15-14-41-13-12-40-11-10-39-9-8-38-7-6-35/h2-5H,6-31H2,1H3,(H,36,37). The highest BCUT2D eigenvalue weighted by Crippen LogP contribution is 2.15. The third-order valence-corrected chi connectivity index (χ3v) is 5.98. The summed E-state index contributed by atoms with van der Waals surface area (Å²) >= 11 is 0. The lowest BCUT2D eigenvalue weighted by Gasteiger charge is -2.09. The van der Waals surface area contributed by atoms with Crippen LogP contribution in [0.1, 0.15) is 6.92 Å². The molecule has 0 aliphatic rings. The minimum atomic E-state index is -0.479. The van der Waals surface area contributed by atoms with E-state index in [1.54, 1.807) is 24.3 Å². The van der Waals surface area contributed by atoms with Crippen LogP contribution in [-0.4, -0.2) is 178 Å². The molecule has 0 aromatic heterocycles. The zero-order chi connectivity index (χ0) is 35.8. The van der Waals surface area contributed by atoms with Gasteiger partial charge in [-0.2, -0.15) is 0 Å². The fraction of sp³-hybridized carbons (Fsp3) is 0.794. The van der Waals surface area contributed by atoms with Crippen molar-refractivity contribution in [3.63, 3.8) is 0 Å². The lowest BCUT2D eigenvalue weighted by atomic mass is 10.3. The Morgan fingerprint density at radius 3 is 0.900 bits per heavy atom. The van der Waals surface area contributed by atoms with E-state index in [1.165, 1.54) is 6.92 Å². The van der Waals surface area contributed by atoms with Crippen molar-refractivity contribution in [2.45, 2.75) is 6.92 Å². The van der Waals surface area contributed by atoms with Crippen molar-refractivity contribution in [3.8, 4) is 5.75 Å². The summed E-state index contributed by atoms with van der Waals surface area (Å²) in [7, 11) is 0. The summed E-state index contributed by atoms with van der Waals surface area (Å²) in [5, 5.41) is 2.71. The van der Waals surface area contributed by atoms with Crippen molar-refractivity contribution in [3.05, 3.63) is 24.3 Å². The number of nitrogens with one attached hydrogen (secondary N) is 1. The summed E-state index contributed by atoms with van der Waals surface area (Å²) in [6, 6.07) is 7.16. The molecular formula is C34H60FNO14. The molecule has 0 saturated carbocycles. The maximum atomic E-state index is 11.8. The molecule has 1 aromatic rings.